The van der Waals surface area contributed by atoms with Crippen LogP contribution in [-0.2, 0) is 18.3 Å². The van der Waals surface area contributed by atoms with Gasteiger partial charge in [-0.1, -0.05) is 0 Å². The van der Waals surface area contributed by atoms with E-state index in [4.69, 9.17) is 9.84 Å². The predicted molar refractivity (Wildman–Crippen MR) is 60.3 cm³/mol. The zero-order chi connectivity index (χ0) is 13.5. The molecule has 2 atom stereocenters. The van der Waals surface area contributed by atoms with Crippen LogP contribution >= 0.6 is 7.82 Å². The van der Waals surface area contributed by atoms with Crippen molar-refractivity contribution in [3.63, 3.8) is 0 Å². The molecule has 0 aliphatic rings. The van der Waals surface area contributed by atoms with E-state index in [0.717, 1.165) is 0 Å². The molecule has 0 fully saturated rings. The Labute approximate surface area is 102 Å². The molecule has 0 aromatic rings. The molecule has 0 heterocycles. The van der Waals surface area contributed by atoms with Crippen molar-refractivity contribution < 1.29 is 32.8 Å². The first-order chi connectivity index (χ1) is 7.70. The van der Waals surface area contributed by atoms with E-state index in [1.807, 2.05) is 21.1 Å². The summed E-state index contributed by atoms with van der Waals surface area (Å²) in [5.74, 6) is 0. The van der Waals surface area contributed by atoms with E-state index in [2.05, 4.69) is 9.05 Å². The largest absolute Gasteiger partial charge is 0.756 e. The van der Waals surface area contributed by atoms with Crippen molar-refractivity contribution in [1.82, 2.24) is 0 Å². The third kappa shape index (κ3) is 9.67. The van der Waals surface area contributed by atoms with Gasteiger partial charge in [-0.25, -0.2) is 0 Å². The molecule has 0 spiro atoms. The summed E-state index contributed by atoms with van der Waals surface area (Å²) in [5.41, 5.74) is 0. The van der Waals surface area contributed by atoms with Crippen molar-refractivity contribution in [2.75, 3.05) is 54.6 Å². The van der Waals surface area contributed by atoms with E-state index in [-0.39, 0.29) is 19.8 Å². The number of aliphatic hydroxyl groups excluding tert-OH is 1. The maximum Gasteiger partial charge on any atom is 0.268 e. The van der Waals surface area contributed by atoms with Crippen molar-refractivity contribution in [1.29, 1.82) is 0 Å². The van der Waals surface area contributed by atoms with Gasteiger partial charge in [-0.3, -0.25) is 4.57 Å². The number of phosphoric acid groups is 1. The molecule has 0 rings (SSSR count). The topological polar surface area (TPSA) is 88.0 Å². The highest BCUT2D eigenvalue weighted by Gasteiger charge is 2.15. The van der Waals surface area contributed by atoms with Gasteiger partial charge in [0.25, 0.3) is 7.82 Å². The smallest absolute Gasteiger partial charge is 0.268 e. The standard InChI is InChI=1S/C9H22NO6P/c1-10(2,3)5-6-15-17(12,13)16-8-9(7-11)14-4/h9,11H,5-8H2,1-4H3/t9-/m1/s1. The fourth-order valence-corrected chi connectivity index (χ4v) is 1.56. The molecule has 1 unspecified atom stereocenters. The van der Waals surface area contributed by atoms with Gasteiger partial charge in [-0.15, -0.1) is 0 Å². The molecule has 0 bridgehead atoms. The maximum absolute atomic E-state index is 11.3. The normalized spacial score (nSPS) is 17.8. The Morgan fingerprint density at radius 3 is 2.35 bits per heavy atom. The van der Waals surface area contributed by atoms with Crippen LogP contribution in [0, 0.1) is 0 Å². The molecule has 0 aliphatic carbocycles. The van der Waals surface area contributed by atoms with Crippen LogP contribution in [0.2, 0.25) is 0 Å². The number of hydrogen-bond donors (Lipinski definition) is 1. The average Bonchev–Trinajstić information content (AvgIpc) is 2.16. The predicted octanol–water partition coefficient (Wildman–Crippen LogP) is -0.798. The Kier molecular flexibility index (Phi) is 7.43. The first-order valence-electron chi connectivity index (χ1n) is 5.24. The van der Waals surface area contributed by atoms with Crippen LogP contribution < -0.4 is 4.89 Å². The van der Waals surface area contributed by atoms with Crippen LogP contribution in [0.5, 0.6) is 0 Å². The van der Waals surface area contributed by atoms with E-state index >= 15 is 0 Å². The van der Waals surface area contributed by atoms with Gasteiger partial charge in [-0.2, -0.15) is 0 Å². The van der Waals surface area contributed by atoms with Gasteiger partial charge in [0.05, 0.1) is 34.4 Å². The number of likely N-dealkylation sites (N-methyl/N-ethyl adjacent to an activating group) is 1. The van der Waals surface area contributed by atoms with Gasteiger partial charge in [0.2, 0.25) is 0 Å². The molecule has 0 saturated carbocycles. The summed E-state index contributed by atoms with van der Waals surface area (Å²) in [6.07, 6.45) is -0.667. The number of hydrogen-bond acceptors (Lipinski definition) is 6. The Morgan fingerprint density at radius 2 is 1.94 bits per heavy atom. The molecule has 1 N–H and O–H groups in total. The SMILES string of the molecule is CO[C@H](CO)COP(=O)([O-])OCC[N+](C)(C)C. The number of methoxy groups -OCH3 is 1. The highest BCUT2D eigenvalue weighted by molar-refractivity contribution is 7.45. The third-order valence-corrected chi connectivity index (χ3v) is 2.93. The average molecular weight is 271 g/mol. The summed E-state index contributed by atoms with van der Waals surface area (Å²) in [7, 11) is 2.82. The minimum absolute atomic E-state index is 0.0566. The number of quaternary nitrogens is 1. The lowest BCUT2D eigenvalue weighted by Crippen LogP contribution is -2.37. The van der Waals surface area contributed by atoms with Gasteiger partial charge < -0.3 is 28.3 Å². The second-order valence-corrected chi connectivity index (χ2v) is 6.04. The van der Waals surface area contributed by atoms with Crippen molar-refractivity contribution >= 4 is 7.82 Å². The van der Waals surface area contributed by atoms with Crippen molar-refractivity contribution in [2.45, 2.75) is 6.10 Å². The van der Waals surface area contributed by atoms with E-state index in [9.17, 15) is 9.46 Å². The number of aliphatic hydroxyl groups is 1. The highest BCUT2D eigenvalue weighted by Crippen LogP contribution is 2.38. The van der Waals surface area contributed by atoms with Crippen LogP contribution in [0.1, 0.15) is 0 Å². The molecule has 0 saturated heterocycles. The first-order valence-corrected chi connectivity index (χ1v) is 6.70. The molecular weight excluding hydrogens is 249 g/mol. The second-order valence-electron chi connectivity index (χ2n) is 4.63. The number of nitrogens with zero attached hydrogens (tertiary/aromatic N) is 1. The summed E-state index contributed by atoms with van der Waals surface area (Å²) in [4.78, 5) is 11.3. The van der Waals surface area contributed by atoms with Crippen LogP contribution in [0.4, 0.5) is 0 Å². The summed E-state index contributed by atoms with van der Waals surface area (Å²) in [5, 5.41) is 8.77. The molecular formula is C9H22NO6P. The van der Waals surface area contributed by atoms with Crippen molar-refractivity contribution in [3.05, 3.63) is 0 Å². The fraction of sp³-hybridized carbons (Fsp3) is 1.00. The molecule has 0 radical (unpaired) electrons. The Morgan fingerprint density at radius 1 is 1.35 bits per heavy atom. The molecule has 0 aromatic heterocycles. The van der Waals surface area contributed by atoms with E-state index in [1.54, 1.807) is 0 Å². The van der Waals surface area contributed by atoms with Gasteiger partial charge in [-0.05, 0) is 0 Å². The van der Waals surface area contributed by atoms with E-state index in [0.29, 0.717) is 11.0 Å². The van der Waals surface area contributed by atoms with Crippen molar-refractivity contribution in [3.8, 4) is 0 Å². The van der Waals surface area contributed by atoms with E-state index < -0.39 is 13.9 Å². The lowest BCUT2D eigenvalue weighted by atomic mass is 10.4. The monoisotopic (exact) mass is 271 g/mol. The maximum atomic E-state index is 11.3. The van der Waals surface area contributed by atoms with Crippen LogP contribution in [0.25, 0.3) is 0 Å². The minimum atomic E-state index is -4.31. The lowest BCUT2D eigenvalue weighted by Gasteiger charge is -2.27. The summed E-state index contributed by atoms with van der Waals surface area (Å²) < 4.78 is 25.9. The first kappa shape index (κ1) is 17.0. The van der Waals surface area contributed by atoms with E-state index in [1.165, 1.54) is 7.11 Å². The van der Waals surface area contributed by atoms with Crippen LogP contribution in [0.15, 0.2) is 0 Å². The zero-order valence-electron chi connectivity index (χ0n) is 10.8. The Hall–Kier alpha value is -0.0100. The summed E-state index contributed by atoms with van der Waals surface area (Å²) >= 11 is 0. The molecule has 7 nitrogen and oxygen atoms in total. The molecule has 104 valence electrons. The Balaban J connectivity index is 3.92. The summed E-state index contributed by atoms with van der Waals surface area (Å²) in [6.45, 7) is 0.0396. The van der Waals surface area contributed by atoms with Crippen molar-refractivity contribution in [2.24, 2.45) is 0 Å². The van der Waals surface area contributed by atoms with Gasteiger partial charge >= 0.3 is 0 Å². The Bertz CT molecular complexity index is 250. The lowest BCUT2D eigenvalue weighted by molar-refractivity contribution is -0.870. The highest BCUT2D eigenvalue weighted by atomic mass is 31.2. The summed E-state index contributed by atoms with van der Waals surface area (Å²) in [6, 6.07) is 0. The molecule has 0 aliphatic heterocycles. The third-order valence-electron chi connectivity index (χ3n) is 1.97. The second kappa shape index (κ2) is 7.43. The van der Waals surface area contributed by atoms with Gasteiger partial charge in [0.15, 0.2) is 0 Å². The fourth-order valence-electron chi connectivity index (χ4n) is 0.833. The molecule has 0 amide bonds. The number of phosphoric ester groups is 1. The zero-order valence-corrected chi connectivity index (χ0v) is 11.7. The van der Waals surface area contributed by atoms with Gasteiger partial charge in [0, 0.05) is 7.11 Å². The quantitative estimate of drug-likeness (QED) is 0.436. The molecule has 0 aromatic carbocycles. The molecule has 8 heteroatoms. The number of ether oxygens (including phenoxy) is 1. The van der Waals surface area contributed by atoms with Gasteiger partial charge in [0.1, 0.15) is 19.3 Å². The van der Waals surface area contributed by atoms with Crippen LogP contribution in [-0.4, -0.2) is 70.3 Å². The minimum Gasteiger partial charge on any atom is -0.756 e. The van der Waals surface area contributed by atoms with Crippen LogP contribution in [0.3, 0.4) is 0 Å². The molecule has 17 heavy (non-hydrogen) atoms. The number of rotatable bonds is 9.